The van der Waals surface area contributed by atoms with Gasteiger partial charge in [-0.2, -0.15) is 0 Å². The highest BCUT2D eigenvalue weighted by Gasteiger charge is 2.18. The Balaban J connectivity index is 1.82. The van der Waals surface area contributed by atoms with Crippen LogP contribution < -0.4 is 0 Å². The molecular formula is C20H24N4OS. The van der Waals surface area contributed by atoms with Gasteiger partial charge in [0.05, 0.1) is 5.75 Å². The van der Waals surface area contributed by atoms with Gasteiger partial charge in [0.25, 0.3) is 0 Å². The van der Waals surface area contributed by atoms with Crippen molar-refractivity contribution in [3.05, 3.63) is 58.2 Å². The van der Waals surface area contributed by atoms with Crippen LogP contribution in [0.25, 0.3) is 5.69 Å². The second kappa shape index (κ2) is 7.50. The molecule has 0 fully saturated rings. The van der Waals surface area contributed by atoms with Gasteiger partial charge in [-0.15, -0.1) is 5.10 Å². The molecule has 0 aliphatic carbocycles. The molecule has 0 atom stereocenters. The van der Waals surface area contributed by atoms with Crippen molar-refractivity contribution in [3.63, 3.8) is 0 Å². The lowest BCUT2D eigenvalue weighted by molar-refractivity contribution is 0.102. The fraction of sp³-hybridized carbons (Fsp3) is 0.350. The molecule has 0 aliphatic rings. The number of H-pyrrole nitrogens is 1. The molecule has 136 valence electrons. The van der Waals surface area contributed by atoms with Crippen molar-refractivity contribution in [2.45, 2.75) is 46.2 Å². The minimum atomic E-state index is 0.0982. The van der Waals surface area contributed by atoms with E-state index in [1.807, 2.05) is 26.8 Å². The zero-order valence-electron chi connectivity index (χ0n) is 15.9. The van der Waals surface area contributed by atoms with Gasteiger partial charge in [-0.1, -0.05) is 24.8 Å². The van der Waals surface area contributed by atoms with Crippen LogP contribution in [0.2, 0.25) is 0 Å². The van der Waals surface area contributed by atoms with Crippen LogP contribution in [-0.4, -0.2) is 31.3 Å². The highest BCUT2D eigenvalue weighted by atomic mass is 32.2. The van der Waals surface area contributed by atoms with Crippen LogP contribution in [-0.2, 0) is 6.42 Å². The maximum absolute atomic E-state index is 12.7. The van der Waals surface area contributed by atoms with Gasteiger partial charge in [0.2, 0.25) is 5.16 Å². The number of hydrogen-bond donors (Lipinski definition) is 1. The third-order valence-corrected chi connectivity index (χ3v) is 5.51. The Bertz CT molecular complexity index is 955. The number of rotatable bonds is 6. The normalized spacial score (nSPS) is 11.1. The van der Waals surface area contributed by atoms with Crippen molar-refractivity contribution in [2.75, 3.05) is 5.75 Å². The quantitative estimate of drug-likeness (QED) is 0.518. The summed E-state index contributed by atoms with van der Waals surface area (Å²) in [5.74, 6) is 1.27. The first kappa shape index (κ1) is 18.5. The number of hydrogen-bond acceptors (Lipinski definition) is 4. The van der Waals surface area contributed by atoms with Gasteiger partial charge in [-0.3, -0.25) is 9.89 Å². The number of thioether (sulfide) groups is 1. The number of nitrogens with one attached hydrogen (secondary N) is 1. The average molecular weight is 369 g/mol. The van der Waals surface area contributed by atoms with Crippen molar-refractivity contribution in [1.29, 1.82) is 0 Å². The third kappa shape index (κ3) is 3.60. The van der Waals surface area contributed by atoms with Gasteiger partial charge in [0.15, 0.2) is 5.78 Å². The summed E-state index contributed by atoms with van der Waals surface area (Å²) in [7, 11) is 0. The molecule has 26 heavy (non-hydrogen) atoms. The molecule has 0 spiro atoms. The minimum absolute atomic E-state index is 0.0982. The topological polar surface area (TPSA) is 63.6 Å². The Morgan fingerprint density at radius 2 is 1.92 bits per heavy atom. The second-order valence-electron chi connectivity index (χ2n) is 6.52. The number of benzene rings is 1. The molecule has 0 amide bonds. The summed E-state index contributed by atoms with van der Waals surface area (Å²) in [6.45, 7) is 10.3. The Hall–Kier alpha value is -2.34. The fourth-order valence-corrected chi connectivity index (χ4v) is 3.72. The lowest BCUT2D eigenvalue weighted by Crippen LogP contribution is -2.06. The number of aromatic nitrogens is 4. The Labute approximate surface area is 158 Å². The second-order valence-corrected chi connectivity index (χ2v) is 7.46. The van der Waals surface area contributed by atoms with Crippen molar-refractivity contribution in [1.82, 2.24) is 19.7 Å². The van der Waals surface area contributed by atoms with Crippen molar-refractivity contribution in [3.8, 4) is 5.69 Å². The average Bonchev–Trinajstić information content (AvgIpc) is 3.19. The van der Waals surface area contributed by atoms with E-state index < -0.39 is 0 Å². The van der Waals surface area contributed by atoms with E-state index in [0.29, 0.717) is 10.9 Å². The molecule has 6 heteroatoms. The van der Waals surface area contributed by atoms with Crippen LogP contribution in [0, 0.1) is 27.7 Å². The van der Waals surface area contributed by atoms with Crippen LogP contribution in [0.3, 0.4) is 0 Å². The summed E-state index contributed by atoms with van der Waals surface area (Å²) in [6, 6.07) is 8.36. The number of Topliss-reactive ketones (excluding diaryl/α,β-unsaturated/α-hetero) is 1. The molecular weight excluding hydrogens is 344 g/mol. The summed E-state index contributed by atoms with van der Waals surface area (Å²) < 4.78 is 2.15. The molecule has 0 unspecified atom stereocenters. The molecule has 0 aliphatic heterocycles. The van der Waals surface area contributed by atoms with Gasteiger partial charge in [-0.25, -0.2) is 4.98 Å². The highest BCUT2D eigenvalue weighted by molar-refractivity contribution is 7.99. The van der Waals surface area contributed by atoms with Gasteiger partial charge in [-0.05, 0) is 57.0 Å². The fourth-order valence-electron chi connectivity index (χ4n) is 3.02. The van der Waals surface area contributed by atoms with Crippen LogP contribution in [0.1, 0.15) is 45.6 Å². The number of aromatic amines is 1. The first-order chi connectivity index (χ1) is 12.4. The Morgan fingerprint density at radius 3 is 2.58 bits per heavy atom. The summed E-state index contributed by atoms with van der Waals surface area (Å²) in [4.78, 5) is 17.1. The van der Waals surface area contributed by atoms with E-state index in [1.165, 1.54) is 22.9 Å². The van der Waals surface area contributed by atoms with E-state index in [-0.39, 0.29) is 5.78 Å². The maximum Gasteiger partial charge on any atom is 0.208 e. The predicted octanol–water partition coefficient (Wildman–Crippen LogP) is 4.37. The summed E-state index contributed by atoms with van der Waals surface area (Å²) in [5.41, 5.74) is 6.40. The zero-order chi connectivity index (χ0) is 18.8. The lowest BCUT2D eigenvalue weighted by Gasteiger charge is -2.12. The lowest BCUT2D eigenvalue weighted by atomic mass is 10.1. The molecule has 3 aromatic rings. The zero-order valence-corrected chi connectivity index (χ0v) is 16.7. The van der Waals surface area contributed by atoms with Crippen LogP contribution >= 0.6 is 11.8 Å². The molecule has 1 N–H and O–H groups in total. The summed E-state index contributed by atoms with van der Waals surface area (Å²) in [6.07, 6.45) is 0.804. The predicted molar refractivity (Wildman–Crippen MR) is 106 cm³/mol. The highest BCUT2D eigenvalue weighted by Crippen LogP contribution is 2.24. The van der Waals surface area contributed by atoms with Crippen molar-refractivity contribution >= 4 is 17.5 Å². The number of ketones is 1. The monoisotopic (exact) mass is 368 g/mol. The maximum atomic E-state index is 12.7. The Kier molecular flexibility index (Phi) is 5.32. The molecule has 5 nitrogen and oxygen atoms in total. The van der Waals surface area contributed by atoms with E-state index in [2.05, 4.69) is 51.8 Å². The van der Waals surface area contributed by atoms with E-state index in [9.17, 15) is 4.79 Å². The largest absolute Gasteiger partial charge is 0.318 e. The van der Waals surface area contributed by atoms with Crippen molar-refractivity contribution < 1.29 is 4.79 Å². The first-order valence-corrected chi connectivity index (χ1v) is 9.73. The Morgan fingerprint density at radius 1 is 1.15 bits per heavy atom. The van der Waals surface area contributed by atoms with Crippen molar-refractivity contribution in [2.24, 2.45) is 0 Å². The van der Waals surface area contributed by atoms with Gasteiger partial charge in [0, 0.05) is 29.1 Å². The smallest absolute Gasteiger partial charge is 0.208 e. The SMILES string of the molecule is CCc1nc(SCC(=O)c2cc(C)n(-c3ccc(C)c(C)c3)c2C)n[nH]1. The number of nitrogens with zero attached hydrogens (tertiary/aromatic N) is 3. The molecule has 3 rings (SSSR count). The summed E-state index contributed by atoms with van der Waals surface area (Å²) in [5, 5.41) is 7.63. The van der Waals surface area contributed by atoms with E-state index in [4.69, 9.17) is 0 Å². The number of aryl methyl sites for hydroxylation is 4. The molecule has 2 aromatic heterocycles. The third-order valence-electron chi connectivity index (χ3n) is 4.66. The number of carbonyl (C=O) groups excluding carboxylic acids is 1. The standard InChI is InChI=1S/C20H24N4OS/c1-6-19-21-20(23-22-19)26-11-18(25)17-10-14(4)24(15(17)5)16-8-7-12(2)13(3)9-16/h7-10H,6,11H2,1-5H3,(H,21,22,23). The molecule has 0 bridgehead atoms. The molecule has 0 saturated heterocycles. The molecule has 0 saturated carbocycles. The molecule has 0 radical (unpaired) electrons. The molecule has 1 aromatic carbocycles. The minimum Gasteiger partial charge on any atom is -0.318 e. The van der Waals surface area contributed by atoms with Crippen LogP contribution in [0.4, 0.5) is 0 Å². The van der Waals surface area contributed by atoms with Gasteiger partial charge < -0.3 is 4.57 Å². The number of carbonyl (C=O) groups is 1. The van der Waals surface area contributed by atoms with Crippen LogP contribution in [0.5, 0.6) is 0 Å². The van der Waals surface area contributed by atoms with E-state index >= 15 is 0 Å². The van der Waals surface area contributed by atoms with E-state index in [0.717, 1.165) is 34.9 Å². The van der Waals surface area contributed by atoms with Gasteiger partial charge >= 0.3 is 0 Å². The first-order valence-electron chi connectivity index (χ1n) is 8.74. The van der Waals surface area contributed by atoms with Crippen LogP contribution in [0.15, 0.2) is 29.4 Å². The summed E-state index contributed by atoms with van der Waals surface area (Å²) >= 11 is 1.37. The van der Waals surface area contributed by atoms with E-state index in [1.54, 1.807) is 0 Å². The molecule has 2 heterocycles. The van der Waals surface area contributed by atoms with Gasteiger partial charge in [0.1, 0.15) is 5.82 Å².